The Kier molecular flexibility index (Phi) is 2.77. The van der Waals surface area contributed by atoms with E-state index in [9.17, 15) is 0 Å². The van der Waals surface area contributed by atoms with Crippen LogP contribution in [0.15, 0.2) is 60.7 Å². The van der Waals surface area contributed by atoms with Gasteiger partial charge in [0.05, 0.1) is 0 Å². The van der Waals surface area contributed by atoms with Crippen molar-refractivity contribution < 1.29 is 0 Å². The molecule has 0 N–H and O–H groups in total. The van der Waals surface area contributed by atoms with Gasteiger partial charge in [0.2, 0.25) is 0 Å². The Morgan fingerprint density at radius 1 is 0.950 bits per heavy atom. The molecule has 3 unspecified atom stereocenters. The van der Waals surface area contributed by atoms with E-state index in [1.54, 1.807) is 11.1 Å². The van der Waals surface area contributed by atoms with E-state index in [0.29, 0.717) is 11.8 Å². The highest BCUT2D eigenvalue weighted by Gasteiger charge is 2.27. The summed E-state index contributed by atoms with van der Waals surface area (Å²) in [6.07, 6.45) is 18.4. The van der Waals surface area contributed by atoms with Gasteiger partial charge in [-0.25, -0.2) is 0 Å². The highest BCUT2D eigenvalue weighted by atomic mass is 14.3. The third kappa shape index (κ3) is 1.83. The summed E-state index contributed by atoms with van der Waals surface area (Å²) in [4.78, 5) is 0. The van der Waals surface area contributed by atoms with Gasteiger partial charge in [0.15, 0.2) is 0 Å². The van der Waals surface area contributed by atoms with Gasteiger partial charge in [0.1, 0.15) is 0 Å². The predicted molar refractivity (Wildman–Crippen MR) is 85.4 cm³/mol. The standard InChI is InChI=1S/C20H20/c1-14-12-16-8-5-11-19(20(16)13-14)18-10-4-7-15-6-2-3-9-17(15)18/h2-11,14-15,17H,12-13H2,1H3. The molecule has 0 bridgehead atoms. The van der Waals surface area contributed by atoms with Crippen LogP contribution in [0.2, 0.25) is 0 Å². The van der Waals surface area contributed by atoms with E-state index in [0.717, 1.165) is 5.92 Å². The van der Waals surface area contributed by atoms with Crippen molar-refractivity contribution in [3.05, 3.63) is 77.4 Å². The van der Waals surface area contributed by atoms with Crippen molar-refractivity contribution >= 4 is 5.57 Å². The summed E-state index contributed by atoms with van der Waals surface area (Å²) >= 11 is 0. The number of hydrogen-bond acceptors (Lipinski definition) is 0. The van der Waals surface area contributed by atoms with Gasteiger partial charge >= 0.3 is 0 Å². The molecule has 3 aliphatic rings. The Bertz CT molecular complexity index is 655. The third-order valence-corrected chi connectivity index (χ3v) is 4.85. The van der Waals surface area contributed by atoms with Crippen molar-refractivity contribution in [2.75, 3.05) is 0 Å². The summed E-state index contributed by atoms with van der Waals surface area (Å²) in [5.41, 5.74) is 6.16. The van der Waals surface area contributed by atoms with Gasteiger partial charge in [-0.1, -0.05) is 67.7 Å². The average molecular weight is 260 g/mol. The van der Waals surface area contributed by atoms with Crippen molar-refractivity contribution in [1.29, 1.82) is 0 Å². The van der Waals surface area contributed by atoms with E-state index in [1.807, 2.05) is 0 Å². The first-order valence-electron chi connectivity index (χ1n) is 7.67. The van der Waals surface area contributed by atoms with E-state index >= 15 is 0 Å². The van der Waals surface area contributed by atoms with E-state index in [4.69, 9.17) is 0 Å². The molecular weight excluding hydrogens is 240 g/mol. The number of benzene rings is 1. The Labute approximate surface area is 121 Å². The molecule has 0 nitrogen and oxygen atoms in total. The lowest BCUT2D eigenvalue weighted by atomic mass is 9.76. The zero-order chi connectivity index (χ0) is 13.5. The van der Waals surface area contributed by atoms with Gasteiger partial charge in [0.25, 0.3) is 0 Å². The van der Waals surface area contributed by atoms with Crippen LogP contribution >= 0.6 is 0 Å². The monoisotopic (exact) mass is 260 g/mol. The van der Waals surface area contributed by atoms with Gasteiger partial charge in [-0.05, 0) is 41.0 Å². The lowest BCUT2D eigenvalue weighted by molar-refractivity contribution is 0.626. The molecule has 0 heterocycles. The molecule has 0 radical (unpaired) electrons. The Morgan fingerprint density at radius 3 is 2.75 bits per heavy atom. The van der Waals surface area contributed by atoms with Gasteiger partial charge in [0, 0.05) is 11.8 Å². The van der Waals surface area contributed by atoms with Crippen LogP contribution in [0.5, 0.6) is 0 Å². The Balaban J connectivity index is 1.81. The van der Waals surface area contributed by atoms with Crippen LogP contribution in [-0.2, 0) is 12.8 Å². The molecule has 3 aliphatic carbocycles. The zero-order valence-electron chi connectivity index (χ0n) is 11.9. The Hall–Kier alpha value is -1.82. The fourth-order valence-corrected chi connectivity index (χ4v) is 3.92. The summed E-state index contributed by atoms with van der Waals surface area (Å²) in [6.45, 7) is 2.37. The number of rotatable bonds is 1. The fraction of sp³-hybridized carbons (Fsp3) is 0.300. The normalized spacial score (nSPS) is 30.1. The van der Waals surface area contributed by atoms with Crippen molar-refractivity contribution in [1.82, 2.24) is 0 Å². The van der Waals surface area contributed by atoms with Crippen LogP contribution in [0.4, 0.5) is 0 Å². The fourth-order valence-electron chi connectivity index (χ4n) is 3.92. The van der Waals surface area contributed by atoms with Crippen LogP contribution in [-0.4, -0.2) is 0 Å². The van der Waals surface area contributed by atoms with E-state index in [2.05, 4.69) is 67.7 Å². The molecule has 20 heavy (non-hydrogen) atoms. The first-order chi connectivity index (χ1) is 9.83. The minimum absolute atomic E-state index is 0.521. The van der Waals surface area contributed by atoms with Crippen molar-refractivity contribution in [3.63, 3.8) is 0 Å². The van der Waals surface area contributed by atoms with Gasteiger partial charge in [-0.3, -0.25) is 0 Å². The second kappa shape index (κ2) is 4.63. The highest BCUT2D eigenvalue weighted by molar-refractivity contribution is 5.76. The van der Waals surface area contributed by atoms with Crippen molar-refractivity contribution in [2.45, 2.75) is 19.8 Å². The predicted octanol–water partition coefficient (Wildman–Crippen LogP) is 4.73. The minimum atomic E-state index is 0.521. The SMILES string of the molecule is CC1Cc2cccc(C3=CC=CC4C=CC=CC34)c2C1. The highest BCUT2D eigenvalue weighted by Crippen LogP contribution is 2.41. The summed E-state index contributed by atoms with van der Waals surface area (Å²) in [5.74, 6) is 1.85. The van der Waals surface area contributed by atoms with Gasteiger partial charge in [-0.15, -0.1) is 0 Å². The maximum atomic E-state index is 2.37. The molecule has 3 atom stereocenters. The maximum Gasteiger partial charge on any atom is 0.0125 e. The van der Waals surface area contributed by atoms with Crippen LogP contribution in [0.3, 0.4) is 0 Å². The topological polar surface area (TPSA) is 0 Å². The first-order valence-corrected chi connectivity index (χ1v) is 7.67. The summed E-state index contributed by atoms with van der Waals surface area (Å²) in [7, 11) is 0. The van der Waals surface area contributed by atoms with E-state index in [-0.39, 0.29) is 0 Å². The summed E-state index contributed by atoms with van der Waals surface area (Å²) in [5, 5.41) is 0. The molecule has 100 valence electrons. The molecule has 0 aromatic heterocycles. The second-order valence-corrected chi connectivity index (χ2v) is 6.34. The molecule has 0 saturated heterocycles. The molecular formula is C20H20. The van der Waals surface area contributed by atoms with Crippen LogP contribution in [0, 0.1) is 17.8 Å². The van der Waals surface area contributed by atoms with E-state index in [1.165, 1.54) is 24.0 Å². The molecule has 0 spiro atoms. The molecule has 0 aliphatic heterocycles. The Morgan fingerprint density at radius 2 is 1.80 bits per heavy atom. The molecule has 1 aromatic rings. The van der Waals surface area contributed by atoms with Crippen LogP contribution < -0.4 is 0 Å². The van der Waals surface area contributed by atoms with Gasteiger partial charge < -0.3 is 0 Å². The van der Waals surface area contributed by atoms with E-state index < -0.39 is 0 Å². The first kappa shape index (κ1) is 12.0. The van der Waals surface area contributed by atoms with Crippen LogP contribution in [0.1, 0.15) is 23.6 Å². The largest absolute Gasteiger partial charge is 0.0767 e. The average Bonchev–Trinajstić information content (AvgIpc) is 2.87. The maximum absolute atomic E-state index is 2.37. The quantitative estimate of drug-likeness (QED) is 0.684. The lowest BCUT2D eigenvalue weighted by Gasteiger charge is -2.28. The van der Waals surface area contributed by atoms with Crippen molar-refractivity contribution in [2.24, 2.45) is 17.8 Å². The van der Waals surface area contributed by atoms with Gasteiger partial charge in [-0.2, -0.15) is 0 Å². The molecule has 0 saturated carbocycles. The minimum Gasteiger partial charge on any atom is -0.0767 e. The number of hydrogen-bond donors (Lipinski definition) is 0. The van der Waals surface area contributed by atoms with Crippen LogP contribution in [0.25, 0.3) is 5.57 Å². The molecule has 0 amide bonds. The molecule has 1 aromatic carbocycles. The number of fused-ring (bicyclic) bond motifs is 2. The summed E-state index contributed by atoms with van der Waals surface area (Å²) < 4.78 is 0. The molecule has 0 fully saturated rings. The zero-order valence-corrected chi connectivity index (χ0v) is 11.9. The van der Waals surface area contributed by atoms with Crippen molar-refractivity contribution in [3.8, 4) is 0 Å². The lowest BCUT2D eigenvalue weighted by Crippen LogP contribution is -2.15. The number of allylic oxidation sites excluding steroid dienone is 8. The molecule has 4 rings (SSSR count). The summed E-state index contributed by atoms with van der Waals surface area (Å²) in [6, 6.07) is 6.88. The third-order valence-electron chi connectivity index (χ3n) is 4.85. The molecule has 0 heteroatoms. The smallest absolute Gasteiger partial charge is 0.0125 e. The second-order valence-electron chi connectivity index (χ2n) is 6.34.